The zero-order chi connectivity index (χ0) is 25.4. The first-order chi connectivity index (χ1) is 18.1. The Labute approximate surface area is 215 Å². The molecule has 0 unspecified atom stereocenters. The number of benzene rings is 2. The Hall–Kier alpha value is -3.32. The third-order valence-electron chi connectivity index (χ3n) is 8.13. The van der Waals surface area contributed by atoms with Crippen molar-refractivity contribution in [3.63, 3.8) is 0 Å². The maximum Gasteiger partial charge on any atom is 0.258 e. The Bertz CT molecular complexity index is 1370. The van der Waals surface area contributed by atoms with Crippen molar-refractivity contribution in [3.05, 3.63) is 88.3 Å². The van der Waals surface area contributed by atoms with Crippen molar-refractivity contribution in [1.82, 2.24) is 15.0 Å². The molecule has 3 heterocycles. The highest BCUT2D eigenvalue weighted by Crippen LogP contribution is 2.37. The van der Waals surface area contributed by atoms with E-state index in [0.717, 1.165) is 81.4 Å². The van der Waals surface area contributed by atoms with Gasteiger partial charge in [0.15, 0.2) is 5.58 Å². The molecule has 1 saturated heterocycles. The van der Waals surface area contributed by atoms with Gasteiger partial charge in [0, 0.05) is 48.1 Å². The van der Waals surface area contributed by atoms with Gasteiger partial charge < -0.3 is 14.3 Å². The lowest BCUT2D eigenvalue weighted by Crippen LogP contribution is -2.39. The van der Waals surface area contributed by atoms with Gasteiger partial charge in [-0.3, -0.25) is 4.79 Å². The van der Waals surface area contributed by atoms with E-state index in [-0.39, 0.29) is 17.5 Å². The summed E-state index contributed by atoms with van der Waals surface area (Å²) in [5.41, 5.74) is 5.84. The predicted molar refractivity (Wildman–Crippen MR) is 138 cm³/mol. The molecule has 0 spiro atoms. The van der Waals surface area contributed by atoms with E-state index in [4.69, 9.17) is 4.52 Å². The maximum atomic E-state index is 13.5. The molecule has 2 aromatic carbocycles. The molecule has 0 radical (unpaired) electrons. The summed E-state index contributed by atoms with van der Waals surface area (Å²) in [6.07, 6.45) is 9.21. The average molecular weight is 504 g/mol. The zero-order valence-corrected chi connectivity index (χ0v) is 20.9. The highest BCUT2D eigenvalue weighted by Gasteiger charge is 2.31. The van der Waals surface area contributed by atoms with Crippen molar-refractivity contribution in [3.8, 4) is 0 Å². The zero-order valence-electron chi connectivity index (χ0n) is 20.9. The van der Waals surface area contributed by atoms with Crippen LogP contribution in [-0.4, -0.2) is 47.0 Å². The number of amides is 1. The maximum absolute atomic E-state index is 13.5. The Kier molecular flexibility index (Phi) is 6.63. The van der Waals surface area contributed by atoms with Crippen LogP contribution in [0.25, 0.3) is 11.0 Å². The molecule has 37 heavy (non-hydrogen) atoms. The number of piperidine rings is 1. The summed E-state index contributed by atoms with van der Waals surface area (Å²) >= 11 is 0. The van der Waals surface area contributed by atoms with Gasteiger partial charge >= 0.3 is 0 Å². The van der Waals surface area contributed by atoms with E-state index < -0.39 is 0 Å². The van der Waals surface area contributed by atoms with Crippen molar-refractivity contribution in [2.75, 3.05) is 26.2 Å². The smallest absolute Gasteiger partial charge is 0.258 e. The van der Waals surface area contributed by atoms with Gasteiger partial charge in [-0.05, 0) is 99.2 Å². The molecule has 0 atom stereocenters. The molecule has 7 heteroatoms. The Balaban J connectivity index is 1.15. The van der Waals surface area contributed by atoms with Gasteiger partial charge in [-0.15, -0.1) is 0 Å². The van der Waals surface area contributed by atoms with Crippen molar-refractivity contribution < 1.29 is 18.1 Å². The second-order valence-electron chi connectivity index (χ2n) is 10.3. The molecule has 3 aromatic rings. The van der Waals surface area contributed by atoms with Crippen molar-refractivity contribution in [1.29, 1.82) is 0 Å². The fourth-order valence-corrected chi connectivity index (χ4v) is 6.13. The molecule has 1 amide bonds. The van der Waals surface area contributed by atoms with Crippen LogP contribution in [0, 0.1) is 11.6 Å². The van der Waals surface area contributed by atoms with Crippen molar-refractivity contribution in [2.24, 2.45) is 0 Å². The molecule has 0 saturated carbocycles. The lowest BCUT2D eigenvalue weighted by Gasteiger charge is -2.37. The number of aromatic nitrogens is 1. The monoisotopic (exact) mass is 503 g/mol. The summed E-state index contributed by atoms with van der Waals surface area (Å²) in [5, 5.41) is 5.18. The first kappa shape index (κ1) is 24.0. The van der Waals surface area contributed by atoms with Crippen LogP contribution in [0.4, 0.5) is 8.78 Å². The minimum Gasteiger partial charge on any atom is -0.356 e. The number of carbonyl (C=O) groups excluding carboxylic acids is 1. The van der Waals surface area contributed by atoms with Gasteiger partial charge in [0.2, 0.25) is 0 Å². The van der Waals surface area contributed by atoms with E-state index in [9.17, 15) is 13.6 Å². The largest absolute Gasteiger partial charge is 0.356 e. The van der Waals surface area contributed by atoms with E-state index in [2.05, 4.69) is 16.1 Å². The van der Waals surface area contributed by atoms with E-state index in [1.165, 1.54) is 35.4 Å². The topological polar surface area (TPSA) is 49.6 Å². The number of hydrogen-bond donors (Lipinski definition) is 0. The quantitative estimate of drug-likeness (QED) is 0.394. The van der Waals surface area contributed by atoms with Gasteiger partial charge in [-0.2, -0.15) is 0 Å². The second-order valence-corrected chi connectivity index (χ2v) is 10.3. The van der Waals surface area contributed by atoms with Crippen LogP contribution in [0.5, 0.6) is 0 Å². The molecule has 5 nitrogen and oxygen atoms in total. The number of halogens is 2. The number of likely N-dealkylation sites (tertiary alicyclic amines) is 1. The van der Waals surface area contributed by atoms with Gasteiger partial charge in [0.1, 0.15) is 11.6 Å². The van der Waals surface area contributed by atoms with Crippen molar-refractivity contribution >= 4 is 16.9 Å². The second kappa shape index (κ2) is 10.2. The number of hydrogen-bond acceptors (Lipinski definition) is 4. The normalized spacial score (nSPS) is 19.3. The summed E-state index contributed by atoms with van der Waals surface area (Å²) in [5.74, 6) is -0.393. The van der Waals surface area contributed by atoms with Crippen LogP contribution < -0.4 is 0 Å². The molecule has 1 fully saturated rings. The number of fused-ring (bicyclic) bond motifs is 2. The van der Waals surface area contributed by atoms with Gasteiger partial charge in [-0.1, -0.05) is 11.2 Å². The Morgan fingerprint density at radius 3 is 2.59 bits per heavy atom. The lowest BCUT2D eigenvalue weighted by atomic mass is 9.85. The van der Waals surface area contributed by atoms with Crippen LogP contribution in [0.1, 0.15) is 66.9 Å². The molecular weight excluding hydrogens is 472 g/mol. The van der Waals surface area contributed by atoms with Crippen LogP contribution >= 0.6 is 0 Å². The fraction of sp³-hybridized carbons (Fsp3) is 0.400. The average Bonchev–Trinajstić information content (AvgIpc) is 3.35. The molecular formula is C30H31F2N3O2. The van der Waals surface area contributed by atoms with Crippen LogP contribution in [0.2, 0.25) is 0 Å². The standard InChI is InChI=1S/C30H31F2N3O2/c31-23-7-5-22(6-8-23)30(36)35-18-13-20-3-1-2-4-25(20)27(35)14-17-34-15-11-21(12-16-34)29-26-10-9-24(32)19-28(26)37-33-29/h3,5-10,19,21H,1-2,4,11-18H2. The highest BCUT2D eigenvalue weighted by atomic mass is 19.1. The summed E-state index contributed by atoms with van der Waals surface area (Å²) in [4.78, 5) is 17.9. The molecule has 2 aliphatic heterocycles. The number of carbonyl (C=O) groups is 1. The predicted octanol–water partition coefficient (Wildman–Crippen LogP) is 6.59. The summed E-state index contributed by atoms with van der Waals surface area (Å²) in [7, 11) is 0. The minimum atomic E-state index is -0.333. The lowest BCUT2D eigenvalue weighted by molar-refractivity contribution is 0.0789. The van der Waals surface area contributed by atoms with E-state index in [0.29, 0.717) is 23.6 Å². The SMILES string of the molecule is O=C(c1ccc(F)cc1)N1CCC2=CCCCC2=C1CCN1CCC(c2noc3cc(F)ccc23)CC1. The van der Waals surface area contributed by atoms with Crippen molar-refractivity contribution in [2.45, 2.75) is 50.9 Å². The number of allylic oxidation sites excluding steroid dienone is 2. The van der Waals surface area contributed by atoms with Gasteiger partial charge in [0.25, 0.3) is 5.91 Å². The third kappa shape index (κ3) is 4.85. The molecule has 6 rings (SSSR count). The number of nitrogens with zero attached hydrogens (tertiary/aromatic N) is 3. The molecule has 1 aromatic heterocycles. The minimum absolute atomic E-state index is 0.0415. The van der Waals surface area contributed by atoms with Crippen LogP contribution in [0.3, 0.4) is 0 Å². The molecule has 3 aliphatic rings. The third-order valence-corrected chi connectivity index (χ3v) is 8.13. The summed E-state index contributed by atoms with van der Waals surface area (Å²) in [6, 6.07) is 10.5. The summed E-state index contributed by atoms with van der Waals surface area (Å²) in [6.45, 7) is 3.44. The fourth-order valence-electron chi connectivity index (χ4n) is 6.13. The van der Waals surface area contributed by atoms with Crippen LogP contribution in [-0.2, 0) is 0 Å². The highest BCUT2D eigenvalue weighted by molar-refractivity contribution is 5.95. The first-order valence-electron chi connectivity index (χ1n) is 13.3. The first-order valence-corrected chi connectivity index (χ1v) is 13.3. The van der Waals surface area contributed by atoms with E-state index >= 15 is 0 Å². The van der Waals surface area contributed by atoms with Crippen LogP contribution in [0.15, 0.2) is 69.9 Å². The van der Waals surface area contributed by atoms with Gasteiger partial charge in [-0.25, -0.2) is 8.78 Å². The van der Waals surface area contributed by atoms with Gasteiger partial charge in [0.05, 0.1) is 5.69 Å². The number of rotatable bonds is 5. The van der Waals surface area contributed by atoms with E-state index in [1.54, 1.807) is 18.2 Å². The molecule has 0 N–H and O–H groups in total. The summed E-state index contributed by atoms with van der Waals surface area (Å²) < 4.78 is 32.4. The molecule has 1 aliphatic carbocycles. The molecule has 0 bridgehead atoms. The molecule has 192 valence electrons. The Morgan fingerprint density at radius 1 is 1.00 bits per heavy atom. The Morgan fingerprint density at radius 2 is 1.78 bits per heavy atom. The van der Waals surface area contributed by atoms with E-state index in [1.807, 2.05) is 4.90 Å².